The van der Waals surface area contributed by atoms with Crippen molar-refractivity contribution in [2.45, 2.75) is 108 Å². The second kappa shape index (κ2) is 16.1. The number of halogens is 3. The number of alkyl halides is 3. The zero-order valence-electron chi connectivity index (χ0n) is 35.2. The molecule has 5 aliphatic rings. The Hall–Kier alpha value is -5.68. The summed E-state index contributed by atoms with van der Waals surface area (Å²) in [6.45, 7) is 6.07. The molecule has 2 aromatic carbocycles. The van der Waals surface area contributed by atoms with Gasteiger partial charge in [0.05, 0.1) is 34.0 Å². The van der Waals surface area contributed by atoms with Gasteiger partial charge in [-0.2, -0.15) is 18.3 Å². The van der Waals surface area contributed by atoms with Crippen molar-refractivity contribution in [3.05, 3.63) is 82.8 Å². The maximum Gasteiger partial charge on any atom is 0.433 e. The number of piperidine rings is 2. The SMILES string of the molecule is CC(C)(O)COc1cc2nn(C3CCC(CN4CCC5(CC4)CC(c4cccc6c4C(=O)N(C4CCC(=O)NC4=O)C6=O)C5)CC3)cc2cc1NC(=O)c1cccc(C(F)(F)F)n1. The third-order valence-electron chi connectivity index (χ3n) is 13.6. The average molecular weight is 870 g/mol. The number of fused-ring (bicyclic) bond motifs is 2. The van der Waals surface area contributed by atoms with E-state index in [4.69, 9.17) is 9.84 Å². The van der Waals surface area contributed by atoms with Crippen LogP contribution < -0.4 is 15.4 Å². The number of hydrogen-bond donors (Lipinski definition) is 3. The minimum absolute atomic E-state index is 0.0826. The molecular formula is C46H50F3N7O7. The van der Waals surface area contributed by atoms with Crippen molar-refractivity contribution in [1.29, 1.82) is 0 Å². The fourth-order valence-corrected chi connectivity index (χ4v) is 10.3. The van der Waals surface area contributed by atoms with Gasteiger partial charge >= 0.3 is 6.18 Å². The number of nitrogens with zero attached hydrogens (tertiary/aromatic N) is 5. The van der Waals surface area contributed by atoms with Crippen molar-refractivity contribution in [3.63, 3.8) is 0 Å². The summed E-state index contributed by atoms with van der Waals surface area (Å²) >= 11 is 0. The van der Waals surface area contributed by atoms with E-state index in [0.29, 0.717) is 27.9 Å². The number of aromatic nitrogens is 3. The van der Waals surface area contributed by atoms with Gasteiger partial charge in [0.15, 0.2) is 0 Å². The van der Waals surface area contributed by atoms with E-state index in [9.17, 15) is 42.3 Å². The van der Waals surface area contributed by atoms with Crippen LogP contribution in [0.4, 0.5) is 18.9 Å². The highest BCUT2D eigenvalue weighted by molar-refractivity contribution is 6.24. The van der Waals surface area contributed by atoms with Gasteiger partial charge in [-0.05, 0) is 132 Å². The predicted molar refractivity (Wildman–Crippen MR) is 223 cm³/mol. The van der Waals surface area contributed by atoms with Crippen LogP contribution in [0.15, 0.2) is 54.7 Å². The van der Waals surface area contributed by atoms with Gasteiger partial charge in [0, 0.05) is 30.6 Å². The van der Waals surface area contributed by atoms with E-state index in [2.05, 4.69) is 20.5 Å². The highest BCUT2D eigenvalue weighted by atomic mass is 19.4. The molecule has 3 aliphatic heterocycles. The molecule has 63 heavy (non-hydrogen) atoms. The molecule has 0 bridgehead atoms. The zero-order valence-corrected chi connectivity index (χ0v) is 35.2. The van der Waals surface area contributed by atoms with Gasteiger partial charge in [-0.3, -0.25) is 38.9 Å². The molecule has 14 nitrogen and oxygen atoms in total. The summed E-state index contributed by atoms with van der Waals surface area (Å²) < 4.78 is 47.8. The van der Waals surface area contributed by atoms with Crippen LogP contribution in [0.3, 0.4) is 0 Å². The molecule has 332 valence electrons. The van der Waals surface area contributed by atoms with Gasteiger partial charge in [0.2, 0.25) is 11.8 Å². The summed E-state index contributed by atoms with van der Waals surface area (Å²) in [6, 6.07) is 11.1. The van der Waals surface area contributed by atoms with Gasteiger partial charge in [-0.15, -0.1) is 0 Å². The van der Waals surface area contributed by atoms with Crippen LogP contribution in [0.1, 0.15) is 132 Å². The number of anilines is 1. The summed E-state index contributed by atoms with van der Waals surface area (Å²) in [7, 11) is 0. The topological polar surface area (TPSA) is 176 Å². The summed E-state index contributed by atoms with van der Waals surface area (Å²) in [5, 5.41) is 20.8. The monoisotopic (exact) mass is 869 g/mol. The Morgan fingerprint density at radius 3 is 2.40 bits per heavy atom. The molecule has 5 heterocycles. The number of imide groups is 2. The largest absolute Gasteiger partial charge is 0.488 e. The normalized spacial score (nSPS) is 23.2. The van der Waals surface area contributed by atoms with Crippen LogP contribution in [0, 0.1) is 11.3 Å². The molecule has 1 atom stereocenters. The first kappa shape index (κ1) is 42.6. The lowest BCUT2D eigenvalue weighted by Crippen LogP contribution is -2.54. The Morgan fingerprint density at radius 1 is 0.968 bits per heavy atom. The van der Waals surface area contributed by atoms with Crippen LogP contribution in [0.25, 0.3) is 10.9 Å². The number of pyridine rings is 1. The molecule has 4 fully saturated rings. The highest BCUT2D eigenvalue weighted by Crippen LogP contribution is 2.58. The summed E-state index contributed by atoms with van der Waals surface area (Å²) in [4.78, 5) is 71.7. The third kappa shape index (κ3) is 8.56. The lowest BCUT2D eigenvalue weighted by atomic mass is 9.55. The lowest BCUT2D eigenvalue weighted by molar-refractivity contribution is -0.141. The van der Waals surface area contributed by atoms with E-state index in [0.717, 1.165) is 93.6 Å². The second-order valence-electron chi connectivity index (χ2n) is 18.8. The summed E-state index contributed by atoms with van der Waals surface area (Å²) in [5.74, 6) is -1.83. The van der Waals surface area contributed by atoms with Crippen LogP contribution >= 0.6 is 0 Å². The van der Waals surface area contributed by atoms with Crippen molar-refractivity contribution in [2.75, 3.05) is 31.6 Å². The Labute approximate surface area is 361 Å². The molecule has 3 N–H and O–H groups in total. The first-order valence-corrected chi connectivity index (χ1v) is 21.7. The number of aliphatic hydroxyl groups is 1. The van der Waals surface area contributed by atoms with E-state index < -0.39 is 58.7 Å². The van der Waals surface area contributed by atoms with E-state index in [1.54, 1.807) is 32.0 Å². The van der Waals surface area contributed by atoms with Crippen molar-refractivity contribution in [2.24, 2.45) is 11.3 Å². The van der Waals surface area contributed by atoms with Gasteiger partial charge in [0.25, 0.3) is 17.7 Å². The number of nitrogens with one attached hydrogen (secondary N) is 2. The minimum Gasteiger partial charge on any atom is -0.488 e. The second-order valence-corrected chi connectivity index (χ2v) is 18.8. The number of hydrogen-bond acceptors (Lipinski definition) is 10. The van der Waals surface area contributed by atoms with Crippen LogP contribution in [0.5, 0.6) is 5.75 Å². The molecule has 2 aromatic heterocycles. The van der Waals surface area contributed by atoms with E-state index >= 15 is 0 Å². The number of carbonyl (C=O) groups is 5. The summed E-state index contributed by atoms with van der Waals surface area (Å²) in [6.07, 6.45) is 5.43. The maximum absolute atomic E-state index is 13.7. The van der Waals surface area contributed by atoms with Gasteiger partial charge in [0.1, 0.15) is 29.8 Å². The molecule has 1 spiro atoms. The van der Waals surface area contributed by atoms with E-state index in [1.165, 1.54) is 6.07 Å². The molecule has 5 amide bonds. The minimum atomic E-state index is -4.71. The van der Waals surface area contributed by atoms with Gasteiger partial charge < -0.3 is 20.1 Å². The van der Waals surface area contributed by atoms with Crippen molar-refractivity contribution >= 4 is 46.1 Å². The van der Waals surface area contributed by atoms with Crippen molar-refractivity contribution < 1.29 is 47.0 Å². The van der Waals surface area contributed by atoms with Gasteiger partial charge in [-0.1, -0.05) is 18.2 Å². The number of amides is 5. The average Bonchev–Trinajstić information content (AvgIpc) is 3.76. The smallest absolute Gasteiger partial charge is 0.433 e. The van der Waals surface area contributed by atoms with Crippen molar-refractivity contribution in [1.82, 2.24) is 29.9 Å². The summed E-state index contributed by atoms with van der Waals surface area (Å²) in [5.41, 5.74) is -0.116. The van der Waals surface area contributed by atoms with Crippen LogP contribution in [0.2, 0.25) is 0 Å². The van der Waals surface area contributed by atoms with E-state index in [1.807, 2.05) is 23.0 Å². The van der Waals surface area contributed by atoms with Gasteiger partial charge in [-0.25, -0.2) is 4.98 Å². The number of benzene rings is 2. The molecule has 1 unspecified atom stereocenters. The molecule has 0 radical (unpaired) electrons. The molecule has 2 aliphatic carbocycles. The molecular weight excluding hydrogens is 820 g/mol. The first-order chi connectivity index (χ1) is 29.9. The molecule has 17 heteroatoms. The molecule has 2 saturated heterocycles. The first-order valence-electron chi connectivity index (χ1n) is 21.7. The fourth-order valence-electron chi connectivity index (χ4n) is 10.3. The molecule has 9 rings (SSSR count). The number of likely N-dealkylation sites (tertiary alicyclic amines) is 1. The predicted octanol–water partition coefficient (Wildman–Crippen LogP) is 6.64. The third-order valence-corrected chi connectivity index (χ3v) is 13.6. The Kier molecular flexibility index (Phi) is 10.9. The number of carbonyl (C=O) groups excluding carboxylic acids is 5. The quantitative estimate of drug-likeness (QED) is 0.147. The van der Waals surface area contributed by atoms with Crippen molar-refractivity contribution in [3.8, 4) is 5.75 Å². The van der Waals surface area contributed by atoms with Crippen LogP contribution in [-0.4, -0.2) is 97.1 Å². The Morgan fingerprint density at radius 2 is 1.70 bits per heavy atom. The van der Waals surface area contributed by atoms with Crippen LogP contribution in [-0.2, 0) is 15.8 Å². The zero-order chi connectivity index (χ0) is 44.4. The lowest BCUT2D eigenvalue weighted by Gasteiger charge is -2.53. The maximum atomic E-state index is 13.7. The number of rotatable bonds is 10. The molecule has 2 saturated carbocycles. The molecule has 4 aromatic rings. The number of ether oxygens (including phenoxy) is 1. The standard InChI is InChI=1S/C46H50F3N7O7/c1-44(2,62)25-63-36-20-33-27(19-34(36)51-40(58)32-7-4-8-37(50-32)46(47,48)49)24-55(53-33)29-11-9-26(10-12-29)23-54-17-15-45(16-18-54)21-28(22-45)30-5-3-6-31-39(30)43(61)56(42(31)60)35-13-14-38(57)52-41(35)59/h3-8,19-20,24,26,28-29,35,62H,9-18,21-23,25H2,1-2H3,(H,51,58)(H,52,57,59). The Bertz CT molecular complexity index is 2490. The van der Waals surface area contributed by atoms with E-state index in [-0.39, 0.29) is 48.3 Å². The fraction of sp³-hybridized carbons (Fsp3) is 0.500. The Balaban J connectivity index is 0.790. The highest BCUT2D eigenvalue weighted by Gasteiger charge is 2.51.